The van der Waals surface area contributed by atoms with Crippen LogP contribution in [0.3, 0.4) is 0 Å². The lowest BCUT2D eigenvalue weighted by atomic mass is 9.79. The molecule has 0 aliphatic carbocycles. The third-order valence-corrected chi connectivity index (χ3v) is 5.12. The Morgan fingerprint density at radius 3 is 2.50 bits per heavy atom. The van der Waals surface area contributed by atoms with E-state index in [1.165, 1.54) is 11.3 Å². The molecule has 0 radical (unpaired) electrons. The molecule has 2 fully saturated rings. The number of carboxylic acid groups (broad SMARTS) is 1. The highest BCUT2D eigenvalue weighted by Gasteiger charge is 2.55. The van der Waals surface area contributed by atoms with Gasteiger partial charge in [-0.1, -0.05) is 20.8 Å². The number of nitrogens with zero attached hydrogens (tertiary/aromatic N) is 1. The first-order valence-electron chi connectivity index (χ1n) is 7.42. The summed E-state index contributed by atoms with van der Waals surface area (Å²) in [7, 11) is 0. The molecule has 3 rings (SSSR count). The summed E-state index contributed by atoms with van der Waals surface area (Å²) in [4.78, 5) is 28.3. The molecule has 2 aliphatic heterocycles. The van der Waals surface area contributed by atoms with E-state index in [0.29, 0.717) is 5.13 Å². The number of carbonyl (C=O) groups is 2. The van der Waals surface area contributed by atoms with Gasteiger partial charge in [0.1, 0.15) is 0 Å². The fraction of sp³-hybridized carbons (Fsp3) is 0.667. The fourth-order valence-electron chi connectivity index (χ4n) is 3.19. The fourth-order valence-corrected chi connectivity index (χ4v) is 4.13. The second-order valence-electron chi connectivity index (χ2n) is 6.96. The molecule has 1 amide bonds. The molecule has 2 bridgehead atoms. The van der Waals surface area contributed by atoms with E-state index in [0.717, 1.165) is 18.5 Å². The number of aromatic nitrogens is 1. The van der Waals surface area contributed by atoms with Crippen LogP contribution >= 0.6 is 11.3 Å². The van der Waals surface area contributed by atoms with Gasteiger partial charge < -0.3 is 15.2 Å². The van der Waals surface area contributed by atoms with E-state index in [4.69, 9.17) is 4.74 Å². The van der Waals surface area contributed by atoms with E-state index >= 15 is 0 Å². The number of aliphatic carboxylic acids is 1. The van der Waals surface area contributed by atoms with Crippen molar-refractivity contribution >= 4 is 28.3 Å². The highest BCUT2D eigenvalue weighted by molar-refractivity contribution is 7.13. The van der Waals surface area contributed by atoms with E-state index in [9.17, 15) is 14.7 Å². The van der Waals surface area contributed by atoms with Crippen molar-refractivity contribution in [3.05, 3.63) is 11.1 Å². The average molecular weight is 324 g/mol. The normalized spacial score (nSPS) is 30.5. The monoisotopic (exact) mass is 324 g/mol. The number of amides is 1. The molecule has 0 spiro atoms. The third kappa shape index (κ3) is 2.63. The number of nitrogens with one attached hydrogen (secondary N) is 1. The van der Waals surface area contributed by atoms with Gasteiger partial charge in [-0.3, -0.25) is 9.59 Å². The first kappa shape index (κ1) is 15.4. The van der Waals surface area contributed by atoms with Crippen molar-refractivity contribution in [1.82, 2.24) is 4.98 Å². The number of fused-ring (bicyclic) bond motifs is 2. The van der Waals surface area contributed by atoms with Crippen LogP contribution in [0.5, 0.6) is 0 Å². The summed E-state index contributed by atoms with van der Waals surface area (Å²) in [5, 5.41) is 14.6. The summed E-state index contributed by atoms with van der Waals surface area (Å²) in [6.07, 6.45) is 0.849. The highest BCUT2D eigenvalue weighted by Crippen LogP contribution is 2.44. The van der Waals surface area contributed by atoms with E-state index in [1.54, 1.807) is 0 Å². The molecule has 2 N–H and O–H groups in total. The molecule has 0 unspecified atom stereocenters. The van der Waals surface area contributed by atoms with Crippen molar-refractivity contribution in [2.24, 2.45) is 11.8 Å². The maximum absolute atomic E-state index is 12.5. The molecule has 1 aromatic rings. The Hall–Kier alpha value is -1.47. The van der Waals surface area contributed by atoms with Crippen molar-refractivity contribution in [2.75, 3.05) is 5.32 Å². The Morgan fingerprint density at radius 1 is 1.32 bits per heavy atom. The Labute approximate surface area is 132 Å². The number of rotatable bonds is 3. The summed E-state index contributed by atoms with van der Waals surface area (Å²) < 4.78 is 5.62. The number of hydrogen-bond acceptors (Lipinski definition) is 5. The maximum Gasteiger partial charge on any atom is 0.310 e. The van der Waals surface area contributed by atoms with Gasteiger partial charge in [0.25, 0.3) is 0 Å². The van der Waals surface area contributed by atoms with Crippen LogP contribution in [-0.4, -0.2) is 34.2 Å². The molecule has 0 saturated carbocycles. The molecule has 3 heterocycles. The Morgan fingerprint density at radius 2 is 1.95 bits per heavy atom. The minimum absolute atomic E-state index is 0.0847. The van der Waals surface area contributed by atoms with E-state index in [1.807, 2.05) is 5.38 Å². The number of carbonyl (C=O) groups excluding carboxylic acids is 1. The topological polar surface area (TPSA) is 88.5 Å². The molecule has 2 saturated heterocycles. The lowest BCUT2D eigenvalue weighted by Gasteiger charge is -2.23. The molecule has 0 aromatic carbocycles. The van der Waals surface area contributed by atoms with Gasteiger partial charge in [-0.05, 0) is 12.8 Å². The van der Waals surface area contributed by atoms with Gasteiger partial charge in [0.15, 0.2) is 5.13 Å². The number of hydrogen-bond donors (Lipinski definition) is 2. The zero-order valence-corrected chi connectivity index (χ0v) is 13.6. The highest BCUT2D eigenvalue weighted by atomic mass is 32.1. The summed E-state index contributed by atoms with van der Waals surface area (Å²) in [5.41, 5.74) is 0.824. The smallest absolute Gasteiger partial charge is 0.310 e. The molecule has 7 heteroatoms. The summed E-state index contributed by atoms with van der Waals surface area (Å²) >= 11 is 1.36. The zero-order valence-electron chi connectivity index (χ0n) is 12.8. The van der Waals surface area contributed by atoms with Crippen molar-refractivity contribution < 1.29 is 19.4 Å². The third-order valence-electron chi connectivity index (χ3n) is 4.36. The van der Waals surface area contributed by atoms with Crippen LogP contribution in [0.4, 0.5) is 5.13 Å². The number of ether oxygens (including phenoxy) is 1. The van der Waals surface area contributed by atoms with Crippen LogP contribution < -0.4 is 5.32 Å². The molecule has 120 valence electrons. The second kappa shape index (κ2) is 5.31. The maximum atomic E-state index is 12.5. The number of carboxylic acids is 1. The van der Waals surface area contributed by atoms with Crippen LogP contribution in [0, 0.1) is 11.8 Å². The molecule has 22 heavy (non-hydrogen) atoms. The van der Waals surface area contributed by atoms with Crippen molar-refractivity contribution in [3.63, 3.8) is 0 Å². The second-order valence-corrected chi connectivity index (χ2v) is 7.82. The Balaban J connectivity index is 1.74. The van der Waals surface area contributed by atoms with Crippen LogP contribution in [0.15, 0.2) is 5.38 Å². The van der Waals surface area contributed by atoms with Crippen molar-refractivity contribution in [1.29, 1.82) is 0 Å². The van der Waals surface area contributed by atoms with Gasteiger partial charge in [0.2, 0.25) is 5.91 Å². The van der Waals surface area contributed by atoms with Gasteiger partial charge in [-0.2, -0.15) is 0 Å². The molecular formula is C15H20N2O4S. The van der Waals surface area contributed by atoms with Crippen molar-refractivity contribution in [2.45, 2.75) is 51.2 Å². The predicted molar refractivity (Wildman–Crippen MR) is 82.0 cm³/mol. The molecule has 6 nitrogen and oxygen atoms in total. The zero-order chi connectivity index (χ0) is 16.1. The van der Waals surface area contributed by atoms with Crippen LogP contribution in [0.1, 0.15) is 39.3 Å². The number of thiazole rings is 1. The van der Waals surface area contributed by atoms with Gasteiger partial charge in [0, 0.05) is 10.8 Å². The summed E-state index contributed by atoms with van der Waals surface area (Å²) in [6, 6.07) is 0. The minimum Gasteiger partial charge on any atom is -0.481 e. The summed E-state index contributed by atoms with van der Waals surface area (Å²) in [6.45, 7) is 6.16. The lowest BCUT2D eigenvalue weighted by molar-refractivity contribution is -0.147. The molecule has 4 atom stereocenters. The minimum atomic E-state index is -0.957. The van der Waals surface area contributed by atoms with E-state index < -0.39 is 17.8 Å². The van der Waals surface area contributed by atoms with E-state index in [-0.39, 0.29) is 23.5 Å². The lowest BCUT2D eigenvalue weighted by Crippen LogP contribution is -2.40. The first-order valence-corrected chi connectivity index (χ1v) is 8.30. The van der Waals surface area contributed by atoms with Crippen LogP contribution in [-0.2, 0) is 19.7 Å². The Kier molecular flexibility index (Phi) is 3.72. The van der Waals surface area contributed by atoms with E-state index in [2.05, 4.69) is 31.1 Å². The SMILES string of the molecule is CC(C)(C)c1csc(NC(=O)[C@H]2[C@@H](C(=O)O)[C@@H]3CC[C@@H]2O3)n1. The quantitative estimate of drug-likeness (QED) is 0.890. The predicted octanol–water partition coefficient (Wildman–Crippen LogP) is 2.26. The molecule has 1 aromatic heterocycles. The van der Waals surface area contributed by atoms with Crippen LogP contribution in [0.2, 0.25) is 0 Å². The van der Waals surface area contributed by atoms with Gasteiger partial charge in [-0.25, -0.2) is 4.98 Å². The van der Waals surface area contributed by atoms with Crippen LogP contribution in [0.25, 0.3) is 0 Å². The van der Waals surface area contributed by atoms with Gasteiger partial charge in [0.05, 0.1) is 29.7 Å². The average Bonchev–Trinajstić information content (AvgIpc) is 3.11. The molecular weight excluding hydrogens is 304 g/mol. The van der Waals surface area contributed by atoms with Gasteiger partial charge in [-0.15, -0.1) is 11.3 Å². The number of anilines is 1. The largest absolute Gasteiger partial charge is 0.481 e. The van der Waals surface area contributed by atoms with Crippen molar-refractivity contribution in [3.8, 4) is 0 Å². The Bertz CT molecular complexity index is 607. The first-order chi connectivity index (χ1) is 10.3. The standard InChI is InChI=1S/C15H20N2O4S/c1-15(2,3)9-6-22-14(16-9)17-12(18)10-7-4-5-8(21-7)11(10)13(19)20/h6-8,10-11H,4-5H2,1-3H3,(H,19,20)(H,16,17,18)/t7-,8-,10+,11-/m0/s1. The summed E-state index contributed by atoms with van der Waals surface area (Å²) in [5.74, 6) is -2.63. The van der Waals surface area contributed by atoms with Gasteiger partial charge >= 0.3 is 5.97 Å². The molecule has 2 aliphatic rings.